The molecule has 0 unspecified atom stereocenters. The lowest BCUT2D eigenvalue weighted by molar-refractivity contribution is -0.124. The second-order valence-electron chi connectivity index (χ2n) is 4.01. The van der Waals surface area contributed by atoms with Crippen LogP contribution >= 0.6 is 12.4 Å². The first-order valence-corrected chi connectivity index (χ1v) is 6.17. The van der Waals surface area contributed by atoms with E-state index >= 15 is 0 Å². The average Bonchev–Trinajstić information content (AvgIpc) is 2.44. The molecule has 0 saturated carbocycles. The first-order chi connectivity index (χ1) is 9.48. The fourth-order valence-corrected chi connectivity index (χ4v) is 1.34. The Bertz CT molecular complexity index is 447. The summed E-state index contributed by atoms with van der Waals surface area (Å²) in [5, 5.41) is 2.06. The fraction of sp³-hybridized carbons (Fsp3) is 0.462. The van der Waals surface area contributed by atoms with Gasteiger partial charge in [0.2, 0.25) is 0 Å². The second kappa shape index (κ2) is 9.36. The molecule has 0 saturated heterocycles. The first kappa shape index (κ1) is 19.4. The summed E-state index contributed by atoms with van der Waals surface area (Å²) in [5.41, 5.74) is 4.86. The van der Waals surface area contributed by atoms with Crippen molar-refractivity contribution in [2.75, 3.05) is 26.3 Å². The molecular weight excluding hydrogens is 306 g/mol. The second-order valence-corrected chi connectivity index (χ2v) is 4.01. The molecule has 5 nitrogen and oxygen atoms in total. The molecule has 0 aliphatic rings. The van der Waals surface area contributed by atoms with Crippen molar-refractivity contribution in [3.05, 3.63) is 24.3 Å². The van der Waals surface area contributed by atoms with Crippen LogP contribution in [0.25, 0.3) is 0 Å². The van der Waals surface area contributed by atoms with Crippen LogP contribution in [-0.4, -0.2) is 38.1 Å². The van der Waals surface area contributed by atoms with Crippen LogP contribution in [0, 0.1) is 0 Å². The van der Waals surface area contributed by atoms with Crippen molar-refractivity contribution in [2.24, 2.45) is 5.73 Å². The minimum atomic E-state index is -3.11. The van der Waals surface area contributed by atoms with E-state index in [1.54, 1.807) is 24.3 Å². The lowest BCUT2D eigenvalue weighted by Crippen LogP contribution is -2.43. The van der Waals surface area contributed by atoms with E-state index in [-0.39, 0.29) is 19.0 Å². The lowest BCUT2D eigenvalue weighted by Gasteiger charge is -2.15. The van der Waals surface area contributed by atoms with Gasteiger partial charge >= 0.3 is 0 Å². The molecule has 0 atom stereocenters. The minimum Gasteiger partial charge on any atom is -0.490 e. The zero-order valence-electron chi connectivity index (χ0n) is 11.6. The lowest BCUT2D eigenvalue weighted by atomic mass is 10.3. The van der Waals surface area contributed by atoms with Crippen LogP contribution in [0.3, 0.4) is 0 Å². The van der Waals surface area contributed by atoms with Crippen molar-refractivity contribution >= 4 is 18.3 Å². The van der Waals surface area contributed by atoms with Gasteiger partial charge < -0.3 is 20.5 Å². The van der Waals surface area contributed by atoms with Gasteiger partial charge in [-0.25, -0.2) is 8.78 Å². The number of ether oxygens (including phenoxy) is 2. The summed E-state index contributed by atoms with van der Waals surface area (Å²) < 4.78 is 36.2. The zero-order valence-corrected chi connectivity index (χ0v) is 12.4. The number of nitrogens with one attached hydrogen (secondary N) is 1. The third-order valence-corrected chi connectivity index (χ3v) is 2.35. The molecule has 120 valence electrons. The number of carbonyl (C=O) groups excluding carboxylic acids is 1. The molecule has 1 rings (SSSR count). The third kappa shape index (κ3) is 7.10. The van der Waals surface area contributed by atoms with Crippen LogP contribution in [0.5, 0.6) is 11.5 Å². The summed E-state index contributed by atoms with van der Waals surface area (Å²) in [5.74, 6) is -2.88. The van der Waals surface area contributed by atoms with Crippen LogP contribution in [-0.2, 0) is 4.79 Å². The van der Waals surface area contributed by atoms with Crippen LogP contribution < -0.4 is 20.5 Å². The first-order valence-electron chi connectivity index (χ1n) is 6.17. The molecule has 0 spiro atoms. The Morgan fingerprint density at radius 1 is 1.29 bits per heavy atom. The summed E-state index contributed by atoms with van der Waals surface area (Å²) >= 11 is 0. The number of nitrogens with two attached hydrogens (primary N) is 1. The molecule has 1 aromatic rings. The van der Waals surface area contributed by atoms with Gasteiger partial charge in [0, 0.05) is 0 Å². The zero-order chi connectivity index (χ0) is 15.0. The van der Waals surface area contributed by atoms with Crippen molar-refractivity contribution in [1.29, 1.82) is 0 Å². The van der Waals surface area contributed by atoms with E-state index in [9.17, 15) is 13.6 Å². The summed E-state index contributed by atoms with van der Waals surface area (Å²) in [6, 6.07) is 6.81. The van der Waals surface area contributed by atoms with E-state index in [4.69, 9.17) is 15.2 Å². The summed E-state index contributed by atoms with van der Waals surface area (Å²) in [7, 11) is 0. The maximum Gasteiger partial charge on any atom is 0.277 e. The van der Waals surface area contributed by atoms with Crippen molar-refractivity contribution in [3.63, 3.8) is 0 Å². The van der Waals surface area contributed by atoms with Gasteiger partial charge in [0.05, 0.1) is 19.7 Å². The van der Waals surface area contributed by atoms with Gasteiger partial charge in [-0.05, 0) is 19.1 Å². The maximum absolute atomic E-state index is 12.8. The van der Waals surface area contributed by atoms with Crippen molar-refractivity contribution in [2.45, 2.75) is 12.8 Å². The molecule has 3 N–H and O–H groups in total. The van der Waals surface area contributed by atoms with E-state index in [1.165, 1.54) is 0 Å². The van der Waals surface area contributed by atoms with Gasteiger partial charge in [-0.2, -0.15) is 0 Å². The molecule has 21 heavy (non-hydrogen) atoms. The van der Waals surface area contributed by atoms with Gasteiger partial charge in [0.25, 0.3) is 11.8 Å². The Balaban J connectivity index is 0.00000400. The highest BCUT2D eigenvalue weighted by Gasteiger charge is 2.27. The summed E-state index contributed by atoms with van der Waals surface area (Å²) in [6.07, 6.45) is 0. The van der Waals surface area contributed by atoms with E-state index in [0.29, 0.717) is 18.1 Å². The third-order valence-electron chi connectivity index (χ3n) is 2.35. The number of carbonyl (C=O) groups is 1. The average molecular weight is 325 g/mol. The molecule has 1 aromatic carbocycles. The fourth-order valence-electron chi connectivity index (χ4n) is 1.34. The monoisotopic (exact) mass is 324 g/mol. The predicted molar refractivity (Wildman–Crippen MR) is 77.4 cm³/mol. The van der Waals surface area contributed by atoms with Gasteiger partial charge in [-0.15, -0.1) is 12.4 Å². The topological polar surface area (TPSA) is 73.6 Å². The van der Waals surface area contributed by atoms with Crippen molar-refractivity contribution in [3.8, 4) is 11.5 Å². The highest BCUT2D eigenvalue weighted by Crippen LogP contribution is 2.26. The van der Waals surface area contributed by atoms with E-state index in [1.807, 2.05) is 6.92 Å². The Morgan fingerprint density at radius 2 is 1.86 bits per heavy atom. The Kier molecular flexibility index (Phi) is 8.64. The number of alkyl halides is 2. The molecule has 0 aliphatic heterocycles. The molecule has 0 aromatic heterocycles. The van der Waals surface area contributed by atoms with Crippen LogP contribution in [0.4, 0.5) is 8.78 Å². The highest BCUT2D eigenvalue weighted by atomic mass is 35.5. The Labute approximate surface area is 128 Å². The minimum absolute atomic E-state index is 0. The molecule has 0 aliphatic carbocycles. The molecule has 0 bridgehead atoms. The largest absolute Gasteiger partial charge is 0.490 e. The quantitative estimate of drug-likeness (QED) is 0.761. The number of halogens is 3. The van der Waals surface area contributed by atoms with Gasteiger partial charge in [0.1, 0.15) is 0 Å². The van der Waals surface area contributed by atoms with Crippen molar-refractivity contribution in [1.82, 2.24) is 5.32 Å². The molecular formula is C13H19ClF2N2O3. The Morgan fingerprint density at radius 3 is 2.38 bits per heavy atom. The number of benzene rings is 1. The van der Waals surface area contributed by atoms with Crippen LogP contribution in [0.1, 0.15) is 6.92 Å². The highest BCUT2D eigenvalue weighted by molar-refractivity contribution is 5.85. The number of amides is 1. The number of rotatable bonds is 8. The summed E-state index contributed by atoms with van der Waals surface area (Å²) in [6.45, 7) is 0.276. The van der Waals surface area contributed by atoms with E-state index < -0.39 is 24.9 Å². The van der Waals surface area contributed by atoms with Crippen molar-refractivity contribution < 1.29 is 23.0 Å². The maximum atomic E-state index is 12.8. The normalized spacial score (nSPS) is 10.5. The Hall–Kier alpha value is -1.60. The molecule has 8 heteroatoms. The molecule has 0 fully saturated rings. The number of hydrogen-bond donors (Lipinski definition) is 2. The standard InChI is InChI=1S/C13H18F2N2O3.ClH/c1-2-19-10-5-3-4-6-11(10)20-7-12(18)17-9-13(14,15)8-16;/h3-6H,2,7-9,16H2,1H3,(H,17,18);1H. The molecule has 0 heterocycles. The molecule has 0 radical (unpaired) electrons. The molecule has 1 amide bonds. The summed E-state index contributed by atoms with van der Waals surface area (Å²) in [4.78, 5) is 11.4. The number of hydrogen-bond acceptors (Lipinski definition) is 4. The van der Waals surface area contributed by atoms with E-state index in [0.717, 1.165) is 0 Å². The van der Waals surface area contributed by atoms with Gasteiger partial charge in [-0.1, -0.05) is 12.1 Å². The van der Waals surface area contributed by atoms with Crippen LogP contribution in [0.15, 0.2) is 24.3 Å². The predicted octanol–water partition coefficient (Wildman–Crippen LogP) is 1.60. The SMILES string of the molecule is CCOc1ccccc1OCC(=O)NCC(F)(F)CN.Cl. The van der Waals surface area contributed by atoms with Crippen LogP contribution in [0.2, 0.25) is 0 Å². The van der Waals surface area contributed by atoms with E-state index in [2.05, 4.69) is 5.32 Å². The van der Waals surface area contributed by atoms with Gasteiger partial charge in [-0.3, -0.25) is 4.79 Å². The number of para-hydroxylation sites is 2. The van der Waals surface area contributed by atoms with Gasteiger partial charge in [0.15, 0.2) is 18.1 Å². The smallest absolute Gasteiger partial charge is 0.277 e.